The van der Waals surface area contributed by atoms with Gasteiger partial charge in [0.15, 0.2) is 11.5 Å². The van der Waals surface area contributed by atoms with Crippen LogP contribution in [0.25, 0.3) is 11.4 Å². The fourth-order valence-electron chi connectivity index (χ4n) is 1.99. The van der Waals surface area contributed by atoms with Crippen molar-refractivity contribution in [3.05, 3.63) is 24.1 Å². The summed E-state index contributed by atoms with van der Waals surface area (Å²) in [4.78, 5) is 4.25. The molecule has 4 N–H and O–H groups in total. The molecule has 0 spiro atoms. The van der Waals surface area contributed by atoms with Crippen molar-refractivity contribution in [1.29, 1.82) is 0 Å². The number of hydrogen-bond donors (Lipinski definition) is 3. The molecule has 100 valence electrons. The largest absolute Gasteiger partial charge is 0.504 e. The second-order valence-corrected chi connectivity index (χ2v) is 4.47. The topological polar surface area (TPSA) is 115 Å². The van der Waals surface area contributed by atoms with Crippen LogP contribution >= 0.6 is 0 Å². The number of aromatic nitrogens is 2. The lowest BCUT2D eigenvalue weighted by molar-refractivity contribution is 0.187. The molecule has 2 unspecified atom stereocenters. The lowest BCUT2D eigenvalue weighted by atomic mass is 10.1. The average Bonchev–Trinajstić information content (AvgIpc) is 3.01. The smallest absolute Gasteiger partial charge is 0.234 e. The van der Waals surface area contributed by atoms with E-state index in [1.165, 1.54) is 12.1 Å². The fraction of sp³-hybridized carbons (Fsp3) is 0.333. The van der Waals surface area contributed by atoms with E-state index in [2.05, 4.69) is 10.1 Å². The minimum Gasteiger partial charge on any atom is -0.504 e. The standard InChI is InChI=1S/C12H13N3O4/c13-8-5-18-4-7(8)12-14-11(15-19-12)6-1-2-9(16)10(17)3-6/h1-3,7-8,16-17H,4-5,13H2. The Labute approximate surface area is 108 Å². The van der Waals surface area contributed by atoms with Gasteiger partial charge in [-0.1, -0.05) is 5.16 Å². The molecule has 7 nitrogen and oxygen atoms in total. The third kappa shape index (κ3) is 2.13. The van der Waals surface area contributed by atoms with Gasteiger partial charge in [0.05, 0.1) is 19.1 Å². The first-order chi connectivity index (χ1) is 9.15. The summed E-state index contributed by atoms with van der Waals surface area (Å²) in [6.07, 6.45) is 0. The number of aromatic hydroxyl groups is 2. The molecule has 3 rings (SSSR count). The Morgan fingerprint density at radius 2 is 2.05 bits per heavy atom. The third-order valence-electron chi connectivity index (χ3n) is 3.12. The summed E-state index contributed by atoms with van der Waals surface area (Å²) in [5, 5.41) is 22.5. The number of benzene rings is 1. The maximum Gasteiger partial charge on any atom is 0.234 e. The quantitative estimate of drug-likeness (QED) is 0.679. The number of ether oxygens (including phenoxy) is 1. The summed E-state index contributed by atoms with van der Waals surface area (Å²) in [5.74, 6) is 0.229. The van der Waals surface area contributed by atoms with Gasteiger partial charge in [0.1, 0.15) is 0 Å². The van der Waals surface area contributed by atoms with Gasteiger partial charge in [-0.25, -0.2) is 0 Å². The highest BCUT2D eigenvalue weighted by molar-refractivity contribution is 5.59. The molecule has 2 aromatic rings. The number of nitrogens with zero attached hydrogens (tertiary/aromatic N) is 2. The van der Waals surface area contributed by atoms with Crippen molar-refractivity contribution in [1.82, 2.24) is 10.1 Å². The van der Waals surface area contributed by atoms with Gasteiger partial charge < -0.3 is 25.2 Å². The molecule has 1 aromatic heterocycles. The van der Waals surface area contributed by atoms with Crippen LogP contribution < -0.4 is 5.73 Å². The van der Waals surface area contributed by atoms with E-state index in [1.807, 2.05) is 0 Å². The van der Waals surface area contributed by atoms with Gasteiger partial charge in [0, 0.05) is 11.6 Å². The summed E-state index contributed by atoms with van der Waals surface area (Å²) in [5.41, 5.74) is 6.43. The van der Waals surface area contributed by atoms with Crippen molar-refractivity contribution in [3.63, 3.8) is 0 Å². The highest BCUT2D eigenvalue weighted by atomic mass is 16.5. The Bertz CT molecular complexity index is 598. The lowest BCUT2D eigenvalue weighted by Gasteiger charge is -2.06. The Morgan fingerprint density at radius 1 is 1.21 bits per heavy atom. The minimum atomic E-state index is -0.232. The molecule has 0 bridgehead atoms. The second-order valence-electron chi connectivity index (χ2n) is 4.47. The molecule has 1 saturated heterocycles. The van der Waals surface area contributed by atoms with E-state index >= 15 is 0 Å². The molecule has 0 amide bonds. The van der Waals surface area contributed by atoms with Gasteiger partial charge in [0.25, 0.3) is 0 Å². The number of nitrogens with two attached hydrogens (primary N) is 1. The summed E-state index contributed by atoms with van der Waals surface area (Å²) in [6, 6.07) is 4.18. The van der Waals surface area contributed by atoms with E-state index in [0.29, 0.717) is 30.5 Å². The maximum atomic E-state index is 9.45. The highest BCUT2D eigenvalue weighted by Gasteiger charge is 2.31. The Morgan fingerprint density at radius 3 is 2.74 bits per heavy atom. The number of phenols is 2. The summed E-state index contributed by atoms with van der Waals surface area (Å²) in [7, 11) is 0. The molecule has 19 heavy (non-hydrogen) atoms. The van der Waals surface area contributed by atoms with Crippen molar-refractivity contribution >= 4 is 0 Å². The van der Waals surface area contributed by atoms with Crippen LogP contribution in [-0.4, -0.2) is 39.6 Å². The normalized spacial score (nSPS) is 22.8. The molecule has 2 heterocycles. The van der Waals surface area contributed by atoms with E-state index < -0.39 is 0 Å². The predicted octanol–water partition coefficient (Wildman–Crippen LogP) is 0.589. The molecule has 1 aliphatic heterocycles. The van der Waals surface area contributed by atoms with E-state index in [4.69, 9.17) is 15.0 Å². The van der Waals surface area contributed by atoms with Crippen LogP contribution in [-0.2, 0) is 4.74 Å². The van der Waals surface area contributed by atoms with Gasteiger partial charge >= 0.3 is 0 Å². The zero-order chi connectivity index (χ0) is 13.4. The van der Waals surface area contributed by atoms with Crippen molar-refractivity contribution in [2.75, 3.05) is 13.2 Å². The van der Waals surface area contributed by atoms with Gasteiger partial charge in [-0.3, -0.25) is 0 Å². The lowest BCUT2D eigenvalue weighted by Crippen LogP contribution is -2.26. The predicted molar refractivity (Wildman–Crippen MR) is 64.6 cm³/mol. The molecule has 1 aromatic carbocycles. The first-order valence-electron chi connectivity index (χ1n) is 5.84. The Hall–Kier alpha value is -2.12. The molecule has 0 aliphatic carbocycles. The molecule has 0 saturated carbocycles. The van der Waals surface area contributed by atoms with Crippen molar-refractivity contribution in [2.24, 2.45) is 5.73 Å². The summed E-state index contributed by atoms with van der Waals surface area (Å²) < 4.78 is 10.4. The van der Waals surface area contributed by atoms with Gasteiger partial charge in [0.2, 0.25) is 11.7 Å². The van der Waals surface area contributed by atoms with Crippen LogP contribution in [0.3, 0.4) is 0 Å². The van der Waals surface area contributed by atoms with Crippen LogP contribution in [0.4, 0.5) is 0 Å². The zero-order valence-corrected chi connectivity index (χ0v) is 9.98. The van der Waals surface area contributed by atoms with Gasteiger partial charge in [-0.2, -0.15) is 4.98 Å². The maximum absolute atomic E-state index is 9.45. The number of phenolic OH excluding ortho intramolecular Hbond substituents is 2. The van der Waals surface area contributed by atoms with Crippen LogP contribution in [0.2, 0.25) is 0 Å². The molecule has 7 heteroatoms. The van der Waals surface area contributed by atoms with Crippen LogP contribution in [0, 0.1) is 0 Å². The molecular weight excluding hydrogens is 250 g/mol. The van der Waals surface area contributed by atoms with E-state index in [-0.39, 0.29) is 23.5 Å². The molecule has 2 atom stereocenters. The van der Waals surface area contributed by atoms with Crippen molar-refractivity contribution in [2.45, 2.75) is 12.0 Å². The first kappa shape index (κ1) is 11.9. The SMILES string of the molecule is NC1COCC1c1nc(-c2ccc(O)c(O)c2)no1. The summed E-state index contributed by atoms with van der Waals surface area (Å²) >= 11 is 0. The first-order valence-corrected chi connectivity index (χ1v) is 5.84. The van der Waals surface area contributed by atoms with E-state index in [9.17, 15) is 10.2 Å². The van der Waals surface area contributed by atoms with E-state index in [1.54, 1.807) is 6.07 Å². The van der Waals surface area contributed by atoms with Gasteiger partial charge in [-0.05, 0) is 18.2 Å². The van der Waals surface area contributed by atoms with Crippen LogP contribution in [0.1, 0.15) is 11.8 Å². The van der Waals surface area contributed by atoms with E-state index in [0.717, 1.165) is 0 Å². The molecule has 1 aliphatic rings. The number of hydrogen-bond acceptors (Lipinski definition) is 7. The fourth-order valence-corrected chi connectivity index (χ4v) is 1.99. The van der Waals surface area contributed by atoms with Crippen LogP contribution in [0.15, 0.2) is 22.7 Å². The number of rotatable bonds is 2. The Kier molecular flexibility index (Phi) is 2.84. The van der Waals surface area contributed by atoms with Crippen LogP contribution in [0.5, 0.6) is 11.5 Å². The molecular formula is C12H13N3O4. The van der Waals surface area contributed by atoms with Gasteiger partial charge in [-0.15, -0.1) is 0 Å². The third-order valence-corrected chi connectivity index (χ3v) is 3.12. The highest BCUT2D eigenvalue weighted by Crippen LogP contribution is 2.30. The van der Waals surface area contributed by atoms with Crippen molar-refractivity contribution < 1.29 is 19.5 Å². The molecule has 0 radical (unpaired) electrons. The summed E-state index contributed by atoms with van der Waals surface area (Å²) in [6.45, 7) is 0.937. The minimum absolute atomic E-state index is 0.105. The monoisotopic (exact) mass is 263 g/mol. The zero-order valence-electron chi connectivity index (χ0n) is 9.98. The average molecular weight is 263 g/mol. The Balaban J connectivity index is 1.90. The second kappa shape index (κ2) is 4.52. The van der Waals surface area contributed by atoms with Crippen molar-refractivity contribution in [3.8, 4) is 22.9 Å². The molecule has 1 fully saturated rings.